The summed E-state index contributed by atoms with van der Waals surface area (Å²) >= 11 is 0. The Hall–Kier alpha value is -3.54. The first-order valence-corrected chi connectivity index (χ1v) is 8.79. The molecule has 6 nitrogen and oxygen atoms in total. The Kier molecular flexibility index (Phi) is 4.61. The molecule has 134 valence electrons. The smallest absolute Gasteiger partial charge is 0.224 e. The van der Waals surface area contributed by atoms with Crippen molar-refractivity contribution in [2.45, 2.75) is 20.0 Å². The number of rotatable bonds is 5. The van der Waals surface area contributed by atoms with Crippen LogP contribution < -0.4 is 10.6 Å². The summed E-state index contributed by atoms with van der Waals surface area (Å²) in [5.41, 5.74) is 10.3. The topological polar surface area (TPSA) is 80.8 Å². The van der Waals surface area contributed by atoms with Crippen molar-refractivity contribution in [1.29, 1.82) is 0 Å². The molecule has 0 amide bonds. The molecule has 4 aromatic rings. The highest BCUT2D eigenvalue weighted by Crippen LogP contribution is 2.25. The molecule has 2 aromatic carbocycles. The Morgan fingerprint density at radius 2 is 1.41 bits per heavy atom. The SMILES string of the molecule is Cc1cnc2nc(N)nc(N(Cc3ccccc3)Cc3ccccc3)c2n1. The van der Waals surface area contributed by atoms with Gasteiger partial charge in [-0.25, -0.2) is 9.97 Å². The number of benzene rings is 2. The molecule has 0 saturated heterocycles. The second kappa shape index (κ2) is 7.37. The maximum Gasteiger partial charge on any atom is 0.224 e. The molecule has 0 aliphatic carbocycles. The molecule has 0 saturated carbocycles. The lowest BCUT2D eigenvalue weighted by Gasteiger charge is -2.25. The van der Waals surface area contributed by atoms with Crippen LogP contribution in [0.2, 0.25) is 0 Å². The maximum absolute atomic E-state index is 5.97. The summed E-state index contributed by atoms with van der Waals surface area (Å²) in [6.07, 6.45) is 1.69. The van der Waals surface area contributed by atoms with Gasteiger partial charge >= 0.3 is 0 Å². The van der Waals surface area contributed by atoms with Crippen molar-refractivity contribution >= 4 is 22.9 Å². The summed E-state index contributed by atoms with van der Waals surface area (Å²) in [7, 11) is 0. The van der Waals surface area contributed by atoms with Gasteiger partial charge in [0.2, 0.25) is 5.95 Å². The van der Waals surface area contributed by atoms with Gasteiger partial charge in [-0.2, -0.15) is 9.97 Å². The van der Waals surface area contributed by atoms with Crippen LogP contribution in [-0.2, 0) is 13.1 Å². The molecule has 2 heterocycles. The Morgan fingerprint density at radius 1 is 0.815 bits per heavy atom. The van der Waals surface area contributed by atoms with Gasteiger partial charge in [-0.05, 0) is 18.1 Å². The van der Waals surface area contributed by atoms with Gasteiger partial charge in [-0.15, -0.1) is 0 Å². The van der Waals surface area contributed by atoms with E-state index < -0.39 is 0 Å². The van der Waals surface area contributed by atoms with E-state index in [9.17, 15) is 0 Å². The molecule has 4 rings (SSSR count). The Labute approximate surface area is 157 Å². The van der Waals surface area contributed by atoms with Crippen molar-refractivity contribution in [3.05, 3.63) is 83.7 Å². The van der Waals surface area contributed by atoms with Crippen LogP contribution >= 0.6 is 0 Å². The van der Waals surface area contributed by atoms with E-state index in [4.69, 9.17) is 5.73 Å². The first kappa shape index (κ1) is 16.9. The number of aromatic nitrogens is 4. The van der Waals surface area contributed by atoms with E-state index in [2.05, 4.69) is 49.1 Å². The molecule has 0 bridgehead atoms. The van der Waals surface area contributed by atoms with Gasteiger partial charge in [0.25, 0.3) is 0 Å². The number of hydrogen-bond acceptors (Lipinski definition) is 6. The van der Waals surface area contributed by atoms with Crippen LogP contribution in [0, 0.1) is 6.92 Å². The van der Waals surface area contributed by atoms with E-state index in [0.29, 0.717) is 30.1 Å². The lowest BCUT2D eigenvalue weighted by Crippen LogP contribution is -2.24. The van der Waals surface area contributed by atoms with Gasteiger partial charge in [0, 0.05) is 13.1 Å². The predicted octanol–water partition coefficient (Wildman–Crippen LogP) is 3.52. The van der Waals surface area contributed by atoms with Gasteiger partial charge in [0.05, 0.1) is 11.9 Å². The van der Waals surface area contributed by atoms with Crippen molar-refractivity contribution < 1.29 is 0 Å². The highest BCUT2D eigenvalue weighted by molar-refractivity contribution is 5.84. The van der Waals surface area contributed by atoms with Crippen LogP contribution in [0.5, 0.6) is 0 Å². The van der Waals surface area contributed by atoms with Crippen molar-refractivity contribution in [3.63, 3.8) is 0 Å². The highest BCUT2D eigenvalue weighted by atomic mass is 15.2. The summed E-state index contributed by atoms with van der Waals surface area (Å²) in [6, 6.07) is 20.6. The van der Waals surface area contributed by atoms with E-state index in [1.165, 1.54) is 11.1 Å². The molecule has 6 heteroatoms. The van der Waals surface area contributed by atoms with Crippen molar-refractivity contribution in [2.75, 3.05) is 10.6 Å². The Bertz CT molecular complexity index is 1010. The zero-order chi connectivity index (χ0) is 18.6. The number of hydrogen-bond donors (Lipinski definition) is 1. The summed E-state index contributed by atoms with van der Waals surface area (Å²) in [6.45, 7) is 3.26. The average Bonchev–Trinajstić information content (AvgIpc) is 2.69. The lowest BCUT2D eigenvalue weighted by atomic mass is 10.1. The fraction of sp³-hybridized carbons (Fsp3) is 0.143. The molecule has 0 radical (unpaired) electrons. The fourth-order valence-electron chi connectivity index (χ4n) is 3.03. The van der Waals surface area contributed by atoms with Gasteiger partial charge < -0.3 is 10.6 Å². The number of nitrogen functional groups attached to an aromatic ring is 1. The summed E-state index contributed by atoms with van der Waals surface area (Å²) in [5.74, 6) is 0.892. The minimum atomic E-state index is 0.196. The quantitative estimate of drug-likeness (QED) is 0.589. The van der Waals surface area contributed by atoms with Crippen molar-refractivity contribution in [3.8, 4) is 0 Å². The molecule has 0 fully saturated rings. The molecular formula is C21H20N6. The van der Waals surface area contributed by atoms with Crippen LogP contribution in [0.4, 0.5) is 11.8 Å². The first-order chi connectivity index (χ1) is 13.2. The predicted molar refractivity (Wildman–Crippen MR) is 107 cm³/mol. The zero-order valence-electron chi connectivity index (χ0n) is 15.1. The van der Waals surface area contributed by atoms with E-state index in [0.717, 1.165) is 5.69 Å². The second-order valence-corrected chi connectivity index (χ2v) is 6.42. The van der Waals surface area contributed by atoms with Crippen LogP contribution in [0.25, 0.3) is 11.2 Å². The molecule has 27 heavy (non-hydrogen) atoms. The van der Waals surface area contributed by atoms with E-state index in [1.807, 2.05) is 43.3 Å². The first-order valence-electron chi connectivity index (χ1n) is 8.79. The molecule has 2 N–H and O–H groups in total. The minimum absolute atomic E-state index is 0.196. The average molecular weight is 356 g/mol. The monoisotopic (exact) mass is 356 g/mol. The molecule has 0 spiro atoms. The maximum atomic E-state index is 5.97. The number of nitrogens with two attached hydrogens (primary N) is 1. The van der Waals surface area contributed by atoms with Crippen LogP contribution in [-0.4, -0.2) is 19.9 Å². The molecule has 0 atom stereocenters. The Balaban J connectivity index is 1.82. The van der Waals surface area contributed by atoms with Crippen LogP contribution in [0.3, 0.4) is 0 Å². The summed E-state index contributed by atoms with van der Waals surface area (Å²) in [4.78, 5) is 19.9. The minimum Gasteiger partial charge on any atom is -0.368 e. The summed E-state index contributed by atoms with van der Waals surface area (Å²) < 4.78 is 0. The highest BCUT2D eigenvalue weighted by Gasteiger charge is 2.17. The van der Waals surface area contributed by atoms with E-state index in [1.54, 1.807) is 6.20 Å². The number of anilines is 2. The largest absolute Gasteiger partial charge is 0.368 e. The molecular weight excluding hydrogens is 336 g/mol. The van der Waals surface area contributed by atoms with E-state index >= 15 is 0 Å². The van der Waals surface area contributed by atoms with E-state index in [-0.39, 0.29) is 5.95 Å². The standard InChI is InChI=1S/C21H20N6/c1-15-12-23-19-18(24-15)20(26-21(22)25-19)27(13-16-8-4-2-5-9-16)14-17-10-6-3-7-11-17/h2-12H,13-14H2,1H3,(H2,22,23,25,26). The fourth-order valence-corrected chi connectivity index (χ4v) is 3.03. The summed E-state index contributed by atoms with van der Waals surface area (Å²) in [5, 5.41) is 0. The van der Waals surface area contributed by atoms with Gasteiger partial charge in [0.1, 0.15) is 0 Å². The van der Waals surface area contributed by atoms with Gasteiger partial charge in [-0.3, -0.25) is 0 Å². The molecule has 0 aliphatic heterocycles. The van der Waals surface area contributed by atoms with Crippen LogP contribution in [0.15, 0.2) is 66.9 Å². The van der Waals surface area contributed by atoms with Crippen molar-refractivity contribution in [1.82, 2.24) is 19.9 Å². The second-order valence-electron chi connectivity index (χ2n) is 6.42. The number of nitrogens with zero attached hydrogens (tertiary/aromatic N) is 5. The zero-order valence-corrected chi connectivity index (χ0v) is 15.1. The number of aryl methyl sites for hydroxylation is 1. The van der Waals surface area contributed by atoms with Crippen molar-refractivity contribution in [2.24, 2.45) is 0 Å². The third kappa shape index (κ3) is 3.84. The molecule has 0 unspecified atom stereocenters. The molecule has 2 aromatic heterocycles. The van der Waals surface area contributed by atoms with Gasteiger partial charge in [0.15, 0.2) is 17.0 Å². The number of fused-ring (bicyclic) bond motifs is 1. The molecule has 0 aliphatic rings. The third-order valence-corrected chi connectivity index (χ3v) is 4.26. The lowest BCUT2D eigenvalue weighted by molar-refractivity contribution is 0.785. The van der Waals surface area contributed by atoms with Crippen LogP contribution in [0.1, 0.15) is 16.8 Å². The normalized spacial score (nSPS) is 10.9. The van der Waals surface area contributed by atoms with Gasteiger partial charge in [-0.1, -0.05) is 60.7 Å². The Morgan fingerprint density at radius 3 is 2.00 bits per heavy atom. The third-order valence-electron chi connectivity index (χ3n) is 4.26.